The lowest BCUT2D eigenvalue weighted by atomic mass is 9.91. The summed E-state index contributed by atoms with van der Waals surface area (Å²) in [5, 5.41) is 4.79. The number of aromatic nitrogens is 4. The predicted octanol–water partition coefficient (Wildman–Crippen LogP) is 12.8. The molecule has 0 fully saturated rings. The first kappa shape index (κ1) is 31.0. The maximum absolute atomic E-state index is 5.36. The van der Waals surface area contributed by atoms with E-state index < -0.39 is 0 Å². The van der Waals surface area contributed by atoms with Gasteiger partial charge in [0.1, 0.15) is 0 Å². The smallest absolute Gasteiger partial charge is 0.0900 e. The largest absolute Gasteiger partial charge is 0.255 e. The molecule has 53 heavy (non-hydrogen) atoms. The van der Waals surface area contributed by atoms with Crippen LogP contribution >= 0.6 is 11.3 Å². The molecule has 248 valence electrons. The number of rotatable bonds is 6. The van der Waals surface area contributed by atoms with Gasteiger partial charge >= 0.3 is 0 Å². The van der Waals surface area contributed by atoms with Crippen molar-refractivity contribution in [2.75, 3.05) is 0 Å². The quantitative estimate of drug-likeness (QED) is 0.174. The number of benzene rings is 5. The van der Waals surface area contributed by atoms with Crippen molar-refractivity contribution >= 4 is 43.1 Å². The minimum absolute atomic E-state index is 0.809. The Labute approximate surface area is 310 Å². The zero-order valence-electron chi connectivity index (χ0n) is 28.5. The number of thiophene rings is 1. The number of pyridine rings is 4. The Morgan fingerprint density at radius 1 is 0.415 bits per heavy atom. The van der Waals surface area contributed by atoms with Crippen molar-refractivity contribution in [3.8, 4) is 66.7 Å². The molecule has 10 rings (SSSR count). The Balaban J connectivity index is 1.21. The van der Waals surface area contributed by atoms with Gasteiger partial charge in [-0.1, -0.05) is 127 Å². The van der Waals surface area contributed by atoms with Crippen molar-refractivity contribution in [1.29, 1.82) is 0 Å². The number of hydrogen-bond donors (Lipinski definition) is 0. The molecule has 0 unspecified atom stereocenters. The molecule has 0 radical (unpaired) electrons. The van der Waals surface area contributed by atoms with Gasteiger partial charge in [0.25, 0.3) is 0 Å². The molecule has 0 bridgehead atoms. The summed E-state index contributed by atoms with van der Waals surface area (Å²) < 4.78 is 1.24. The van der Waals surface area contributed by atoms with Crippen LogP contribution in [0.5, 0.6) is 0 Å². The SMILES string of the molecule is c1ccc(-c2nc3ccccc3c3sc(-c4ccc(-c5cc(-c6ccccn6)nc(-c6ccccn6)c5)cc4)c(-c4cccc5ccccc45)c23)cc1. The van der Waals surface area contributed by atoms with Gasteiger partial charge in [0.05, 0.1) is 34.0 Å². The molecule has 0 saturated carbocycles. The van der Waals surface area contributed by atoms with Crippen LogP contribution < -0.4 is 0 Å². The third-order valence-electron chi connectivity index (χ3n) is 9.79. The van der Waals surface area contributed by atoms with Crippen LogP contribution in [0.2, 0.25) is 0 Å². The number of hydrogen-bond acceptors (Lipinski definition) is 5. The van der Waals surface area contributed by atoms with Gasteiger partial charge in [-0.2, -0.15) is 0 Å². The zero-order valence-corrected chi connectivity index (χ0v) is 29.3. The van der Waals surface area contributed by atoms with Gasteiger partial charge in [0, 0.05) is 43.9 Å². The average molecular weight is 695 g/mol. The summed E-state index contributed by atoms with van der Waals surface area (Å²) in [5.74, 6) is 0. The van der Waals surface area contributed by atoms with Gasteiger partial charge in [-0.15, -0.1) is 11.3 Å². The second-order valence-electron chi connectivity index (χ2n) is 13.0. The lowest BCUT2D eigenvalue weighted by Crippen LogP contribution is -1.94. The molecule has 0 aliphatic carbocycles. The predicted molar refractivity (Wildman–Crippen MR) is 221 cm³/mol. The lowest BCUT2D eigenvalue weighted by molar-refractivity contribution is 1.22. The van der Waals surface area contributed by atoms with Crippen LogP contribution in [0.3, 0.4) is 0 Å². The van der Waals surface area contributed by atoms with Crippen molar-refractivity contribution in [3.05, 3.63) is 182 Å². The van der Waals surface area contributed by atoms with E-state index in [0.717, 1.165) is 61.6 Å². The third kappa shape index (κ3) is 5.55. The maximum Gasteiger partial charge on any atom is 0.0900 e. The lowest BCUT2D eigenvalue weighted by Gasteiger charge is -2.13. The van der Waals surface area contributed by atoms with Gasteiger partial charge < -0.3 is 0 Å². The van der Waals surface area contributed by atoms with E-state index in [9.17, 15) is 0 Å². The normalized spacial score (nSPS) is 11.4. The summed E-state index contributed by atoms with van der Waals surface area (Å²) in [5.41, 5.74) is 12.1. The number of para-hydroxylation sites is 1. The maximum atomic E-state index is 5.36. The van der Waals surface area contributed by atoms with E-state index in [4.69, 9.17) is 9.97 Å². The molecule has 0 spiro atoms. The molecule has 0 aliphatic heterocycles. The van der Waals surface area contributed by atoms with Crippen molar-refractivity contribution in [3.63, 3.8) is 0 Å². The molecule has 5 aromatic carbocycles. The third-order valence-corrected chi connectivity index (χ3v) is 11.1. The summed E-state index contributed by atoms with van der Waals surface area (Å²) in [4.78, 5) is 20.8. The summed E-state index contributed by atoms with van der Waals surface area (Å²) >= 11 is 1.85. The molecule has 10 aromatic rings. The molecule has 0 saturated heterocycles. The minimum Gasteiger partial charge on any atom is -0.255 e. The Hall–Kier alpha value is -6.82. The minimum atomic E-state index is 0.809. The van der Waals surface area contributed by atoms with E-state index in [1.807, 2.05) is 47.7 Å². The van der Waals surface area contributed by atoms with Gasteiger partial charge in [0.2, 0.25) is 0 Å². The van der Waals surface area contributed by atoms with Crippen LogP contribution in [0.4, 0.5) is 0 Å². The summed E-state index contributed by atoms with van der Waals surface area (Å²) in [7, 11) is 0. The van der Waals surface area contributed by atoms with Crippen molar-refractivity contribution in [2.45, 2.75) is 0 Å². The second kappa shape index (κ2) is 13.1. The fourth-order valence-corrected chi connectivity index (χ4v) is 8.65. The second-order valence-corrected chi connectivity index (χ2v) is 14.0. The van der Waals surface area contributed by atoms with Crippen LogP contribution in [0.15, 0.2) is 182 Å². The summed E-state index contributed by atoms with van der Waals surface area (Å²) in [6, 6.07) is 59.5. The van der Waals surface area contributed by atoms with Gasteiger partial charge in [-0.3, -0.25) is 9.97 Å². The van der Waals surface area contributed by atoms with E-state index in [1.165, 1.54) is 36.9 Å². The Morgan fingerprint density at radius 3 is 1.75 bits per heavy atom. The first-order valence-electron chi connectivity index (χ1n) is 17.6. The van der Waals surface area contributed by atoms with Crippen molar-refractivity contribution < 1.29 is 0 Å². The van der Waals surface area contributed by atoms with Crippen LogP contribution in [0.25, 0.3) is 98.5 Å². The van der Waals surface area contributed by atoms with E-state index in [0.29, 0.717) is 0 Å². The summed E-state index contributed by atoms with van der Waals surface area (Å²) in [6.07, 6.45) is 3.61. The molecule has 0 N–H and O–H groups in total. The highest BCUT2D eigenvalue weighted by Gasteiger charge is 2.24. The monoisotopic (exact) mass is 694 g/mol. The first-order chi connectivity index (χ1) is 26.3. The van der Waals surface area contributed by atoms with Crippen molar-refractivity contribution in [2.24, 2.45) is 0 Å². The molecule has 5 aromatic heterocycles. The molecular weight excluding hydrogens is 665 g/mol. The highest BCUT2D eigenvalue weighted by Crippen LogP contribution is 2.51. The van der Waals surface area contributed by atoms with E-state index in [1.54, 1.807) is 12.4 Å². The van der Waals surface area contributed by atoms with Crippen LogP contribution in [0.1, 0.15) is 0 Å². The molecule has 5 heteroatoms. The molecule has 0 amide bonds. The topological polar surface area (TPSA) is 51.6 Å². The molecule has 0 aliphatic rings. The van der Waals surface area contributed by atoms with E-state index >= 15 is 0 Å². The Bertz CT molecular complexity index is 2860. The molecule has 0 atom stereocenters. The zero-order chi connectivity index (χ0) is 35.1. The number of nitrogens with zero attached hydrogens (tertiary/aromatic N) is 4. The standard InChI is InChI=1S/C48H30N4S/c1-2-14-33(15-3-1)46-45-44(37-19-12-16-32-13-4-5-17-36(32)37)47(53-48(45)38-18-6-7-20-39(38)52-46)34-25-23-31(24-26-34)35-29-42(40-21-8-10-27-49-40)51-43(30-35)41-22-9-11-28-50-41/h1-30H. The fourth-order valence-electron chi connectivity index (χ4n) is 7.30. The number of fused-ring (bicyclic) bond motifs is 4. The highest BCUT2D eigenvalue weighted by molar-refractivity contribution is 7.24. The first-order valence-corrected chi connectivity index (χ1v) is 18.4. The molecule has 5 heterocycles. The average Bonchev–Trinajstić information content (AvgIpc) is 3.65. The van der Waals surface area contributed by atoms with Gasteiger partial charge in [0.15, 0.2) is 0 Å². The van der Waals surface area contributed by atoms with E-state index in [2.05, 4.69) is 143 Å². The Kier molecular flexibility index (Phi) is 7.63. The van der Waals surface area contributed by atoms with Crippen LogP contribution in [-0.4, -0.2) is 19.9 Å². The highest BCUT2D eigenvalue weighted by atomic mass is 32.1. The van der Waals surface area contributed by atoms with Crippen LogP contribution in [0, 0.1) is 0 Å². The van der Waals surface area contributed by atoms with E-state index in [-0.39, 0.29) is 0 Å². The summed E-state index contributed by atoms with van der Waals surface area (Å²) in [6.45, 7) is 0. The molecule has 4 nitrogen and oxygen atoms in total. The van der Waals surface area contributed by atoms with Gasteiger partial charge in [-0.05, 0) is 75.5 Å². The Morgan fingerprint density at radius 2 is 1.04 bits per heavy atom. The van der Waals surface area contributed by atoms with Crippen molar-refractivity contribution in [1.82, 2.24) is 19.9 Å². The molecular formula is C48H30N4S. The fraction of sp³-hybridized carbons (Fsp3) is 0. The van der Waals surface area contributed by atoms with Crippen LogP contribution in [-0.2, 0) is 0 Å². The van der Waals surface area contributed by atoms with Gasteiger partial charge in [-0.25, -0.2) is 9.97 Å².